The molecule has 0 aromatic heterocycles. The zero-order valence-electron chi connectivity index (χ0n) is 6.33. The van der Waals surface area contributed by atoms with Crippen molar-refractivity contribution in [3.8, 4) is 0 Å². The number of ether oxygens (including phenoxy) is 1. The van der Waals surface area contributed by atoms with E-state index in [1.54, 1.807) is 6.20 Å². The van der Waals surface area contributed by atoms with Crippen LogP contribution >= 0.6 is 0 Å². The molecular weight excluding hydrogens is 142 g/mol. The van der Waals surface area contributed by atoms with Crippen molar-refractivity contribution in [3.05, 3.63) is 30.5 Å². The Hall–Kier alpha value is -1.25. The number of hydrogen-bond donors (Lipinski definition) is 1. The van der Waals surface area contributed by atoms with Gasteiger partial charge in [-0.1, -0.05) is 12.2 Å². The zero-order chi connectivity index (χ0) is 8.10. The maximum absolute atomic E-state index is 10.4. The minimum absolute atomic E-state index is 0.262. The Morgan fingerprint density at radius 2 is 2.45 bits per heavy atom. The summed E-state index contributed by atoms with van der Waals surface area (Å²) in [5, 5.41) is 2.95. The van der Waals surface area contributed by atoms with E-state index in [9.17, 15) is 4.79 Å². The fraction of sp³-hybridized carbons (Fsp3) is 0.250. The van der Waals surface area contributed by atoms with Crippen LogP contribution in [0.1, 0.15) is 6.92 Å². The molecule has 1 N–H and O–H groups in total. The Kier molecular flexibility index (Phi) is 2.72. The fourth-order valence-electron chi connectivity index (χ4n) is 0.700. The smallest absolute Gasteiger partial charge is 0.302 e. The van der Waals surface area contributed by atoms with Gasteiger partial charge in [-0.15, -0.1) is 0 Å². The second kappa shape index (κ2) is 3.81. The van der Waals surface area contributed by atoms with Gasteiger partial charge in [-0.05, 0) is 12.3 Å². The highest BCUT2D eigenvalue weighted by atomic mass is 16.5. The second-order valence-corrected chi connectivity index (χ2v) is 2.17. The molecule has 0 amide bonds. The van der Waals surface area contributed by atoms with Crippen molar-refractivity contribution in [2.75, 3.05) is 6.61 Å². The molecule has 0 spiro atoms. The van der Waals surface area contributed by atoms with E-state index in [1.165, 1.54) is 6.92 Å². The summed E-state index contributed by atoms with van der Waals surface area (Å²) < 4.78 is 4.76. The van der Waals surface area contributed by atoms with E-state index in [0.717, 1.165) is 6.04 Å². The molecule has 0 aromatic carbocycles. The molecule has 3 heteroatoms. The normalized spacial score (nSPS) is 16.1. The molecule has 0 atom stereocenters. The average molecular weight is 152 g/mol. The van der Waals surface area contributed by atoms with E-state index in [4.69, 9.17) is 4.74 Å². The Balaban J connectivity index is 2.22. The molecule has 0 aliphatic carbocycles. The molecule has 11 heavy (non-hydrogen) atoms. The molecule has 1 aliphatic rings. The number of allylic oxidation sites excluding steroid dienone is 2. The van der Waals surface area contributed by atoms with Crippen LogP contribution in [0.15, 0.2) is 24.4 Å². The summed E-state index contributed by atoms with van der Waals surface area (Å²) in [4.78, 5) is 10.4. The lowest BCUT2D eigenvalue weighted by molar-refractivity contribution is -0.140. The Bertz CT molecular complexity index is 196. The van der Waals surface area contributed by atoms with Crippen LogP contribution in [-0.4, -0.2) is 12.6 Å². The van der Waals surface area contributed by atoms with Crippen LogP contribution in [0.3, 0.4) is 0 Å². The van der Waals surface area contributed by atoms with Crippen LogP contribution in [0.25, 0.3) is 0 Å². The Morgan fingerprint density at radius 1 is 1.64 bits per heavy atom. The monoisotopic (exact) mass is 152 g/mol. The van der Waals surface area contributed by atoms with Crippen LogP contribution in [0.4, 0.5) is 0 Å². The molecule has 0 unspecified atom stereocenters. The maximum atomic E-state index is 10.4. The van der Waals surface area contributed by atoms with Crippen LogP contribution in [-0.2, 0) is 9.53 Å². The quantitative estimate of drug-likeness (QED) is 0.593. The molecule has 0 aromatic rings. The standard InChI is InChI=1S/C8H10NO2/c1-7(10)11-6-8-4-2-3-5-9-8/h2-5,9H,6H2,1H3. The van der Waals surface area contributed by atoms with Gasteiger partial charge in [-0.3, -0.25) is 4.79 Å². The van der Waals surface area contributed by atoms with Crippen molar-refractivity contribution in [1.29, 1.82) is 0 Å². The van der Waals surface area contributed by atoms with Crippen LogP contribution in [0.5, 0.6) is 0 Å². The number of carbonyl (C=O) groups excluding carboxylic acids is 1. The lowest BCUT2D eigenvalue weighted by Gasteiger charge is -2.13. The predicted octanol–water partition coefficient (Wildman–Crippen LogP) is 0.755. The van der Waals surface area contributed by atoms with Crippen LogP contribution in [0.2, 0.25) is 0 Å². The molecule has 0 saturated heterocycles. The van der Waals surface area contributed by atoms with Gasteiger partial charge in [0.1, 0.15) is 12.6 Å². The van der Waals surface area contributed by atoms with Crippen molar-refractivity contribution < 1.29 is 9.53 Å². The first-order chi connectivity index (χ1) is 5.29. The molecule has 0 bridgehead atoms. The summed E-state index contributed by atoms with van der Waals surface area (Å²) in [6, 6.07) is 0.891. The molecular formula is C8H10NO2. The predicted molar refractivity (Wildman–Crippen MR) is 41.3 cm³/mol. The zero-order valence-corrected chi connectivity index (χ0v) is 6.33. The van der Waals surface area contributed by atoms with Gasteiger partial charge < -0.3 is 10.1 Å². The molecule has 0 saturated carbocycles. The first kappa shape index (κ1) is 7.85. The number of esters is 1. The highest BCUT2D eigenvalue weighted by Crippen LogP contribution is 2.02. The van der Waals surface area contributed by atoms with Gasteiger partial charge in [0.15, 0.2) is 0 Å². The highest BCUT2D eigenvalue weighted by Gasteiger charge is 2.06. The summed E-state index contributed by atoms with van der Waals surface area (Å²) in [5.41, 5.74) is 0. The summed E-state index contributed by atoms with van der Waals surface area (Å²) in [6.45, 7) is 1.71. The molecule has 1 aliphatic heterocycles. The Labute approximate surface area is 65.7 Å². The molecule has 0 fully saturated rings. The average Bonchev–Trinajstić information content (AvgIpc) is 2.03. The van der Waals surface area contributed by atoms with Crippen LogP contribution in [0, 0.1) is 6.04 Å². The van der Waals surface area contributed by atoms with Crippen molar-refractivity contribution in [1.82, 2.24) is 5.32 Å². The Morgan fingerprint density at radius 3 is 3.00 bits per heavy atom. The highest BCUT2D eigenvalue weighted by molar-refractivity contribution is 5.66. The van der Waals surface area contributed by atoms with E-state index < -0.39 is 0 Å². The molecule has 1 radical (unpaired) electrons. The summed E-state index contributed by atoms with van der Waals surface area (Å²) >= 11 is 0. The van der Waals surface area contributed by atoms with Gasteiger partial charge in [0, 0.05) is 6.92 Å². The third kappa shape index (κ3) is 2.89. The van der Waals surface area contributed by atoms with E-state index in [0.29, 0.717) is 6.61 Å². The topological polar surface area (TPSA) is 38.3 Å². The molecule has 3 nitrogen and oxygen atoms in total. The SMILES string of the molecule is CC(=O)OC[C]1C=CC=CN1. The van der Waals surface area contributed by atoms with Gasteiger partial charge >= 0.3 is 5.97 Å². The van der Waals surface area contributed by atoms with Gasteiger partial charge in [0.25, 0.3) is 0 Å². The minimum atomic E-state index is -0.262. The number of hydrogen-bond acceptors (Lipinski definition) is 3. The summed E-state index contributed by atoms with van der Waals surface area (Å²) in [6.07, 6.45) is 7.41. The third-order valence-electron chi connectivity index (χ3n) is 1.20. The third-order valence-corrected chi connectivity index (χ3v) is 1.20. The van der Waals surface area contributed by atoms with E-state index in [1.807, 2.05) is 18.2 Å². The van der Waals surface area contributed by atoms with Gasteiger partial charge in [-0.2, -0.15) is 0 Å². The van der Waals surface area contributed by atoms with E-state index in [2.05, 4.69) is 5.32 Å². The van der Waals surface area contributed by atoms with Gasteiger partial charge in [-0.25, -0.2) is 0 Å². The van der Waals surface area contributed by atoms with E-state index in [-0.39, 0.29) is 5.97 Å². The molecule has 1 heterocycles. The van der Waals surface area contributed by atoms with Crippen molar-refractivity contribution in [3.63, 3.8) is 0 Å². The number of rotatable bonds is 2. The van der Waals surface area contributed by atoms with Crippen molar-refractivity contribution >= 4 is 5.97 Å². The lowest BCUT2D eigenvalue weighted by Crippen LogP contribution is -2.21. The van der Waals surface area contributed by atoms with Crippen molar-refractivity contribution in [2.24, 2.45) is 0 Å². The molecule has 59 valence electrons. The summed E-state index contributed by atoms with van der Waals surface area (Å²) in [7, 11) is 0. The van der Waals surface area contributed by atoms with E-state index >= 15 is 0 Å². The van der Waals surface area contributed by atoms with Crippen LogP contribution < -0.4 is 5.32 Å². The number of nitrogens with one attached hydrogen (secondary N) is 1. The summed E-state index contributed by atoms with van der Waals surface area (Å²) in [5.74, 6) is -0.262. The minimum Gasteiger partial charge on any atom is -0.463 e. The number of carbonyl (C=O) groups is 1. The van der Waals surface area contributed by atoms with Crippen molar-refractivity contribution in [2.45, 2.75) is 6.92 Å². The molecule has 1 rings (SSSR count). The van der Waals surface area contributed by atoms with Gasteiger partial charge in [0.2, 0.25) is 0 Å². The first-order valence-electron chi connectivity index (χ1n) is 3.38. The second-order valence-electron chi connectivity index (χ2n) is 2.17. The number of dihydropyridines is 1. The maximum Gasteiger partial charge on any atom is 0.302 e. The lowest BCUT2D eigenvalue weighted by atomic mass is 10.2. The first-order valence-corrected chi connectivity index (χ1v) is 3.38. The van der Waals surface area contributed by atoms with Gasteiger partial charge in [0.05, 0.1) is 0 Å². The fourth-order valence-corrected chi connectivity index (χ4v) is 0.700. The largest absolute Gasteiger partial charge is 0.463 e.